The van der Waals surface area contributed by atoms with Gasteiger partial charge in [0.15, 0.2) is 0 Å². The number of quaternary nitrogens is 2. The molecule has 0 spiro atoms. The summed E-state index contributed by atoms with van der Waals surface area (Å²) in [6, 6.07) is 0.943. The number of nitrogens with one attached hydrogen (secondary N) is 2. The molecule has 2 N–H and O–H groups in total. The first-order valence-electron chi connectivity index (χ1n) is 6.21. The Morgan fingerprint density at radius 1 is 1.07 bits per heavy atom. The molecule has 1 aliphatic carbocycles. The summed E-state index contributed by atoms with van der Waals surface area (Å²) in [7, 11) is 6.87. The van der Waals surface area contributed by atoms with Crippen molar-refractivity contribution < 1.29 is 9.80 Å². The molecule has 0 amide bonds. The van der Waals surface area contributed by atoms with Gasteiger partial charge in [0.1, 0.15) is 13.1 Å². The van der Waals surface area contributed by atoms with E-state index in [1.807, 2.05) is 0 Å². The van der Waals surface area contributed by atoms with Gasteiger partial charge < -0.3 is 9.80 Å². The summed E-state index contributed by atoms with van der Waals surface area (Å²) >= 11 is 0. The minimum absolute atomic E-state index is 0.943. The van der Waals surface area contributed by atoms with E-state index in [0.717, 1.165) is 12.0 Å². The van der Waals surface area contributed by atoms with Crippen molar-refractivity contribution in [2.45, 2.75) is 38.6 Å². The molecule has 14 heavy (non-hydrogen) atoms. The molecule has 1 aliphatic rings. The van der Waals surface area contributed by atoms with E-state index in [1.54, 1.807) is 9.80 Å². The van der Waals surface area contributed by atoms with Crippen molar-refractivity contribution in [3.63, 3.8) is 0 Å². The van der Waals surface area contributed by atoms with Crippen molar-refractivity contribution in [2.24, 2.45) is 5.92 Å². The number of likely N-dealkylation sites (N-methyl/N-ethyl adjacent to an activating group) is 2. The van der Waals surface area contributed by atoms with Crippen LogP contribution in [0.2, 0.25) is 0 Å². The maximum atomic E-state index is 2.41. The average molecular weight is 200 g/mol. The molecule has 0 radical (unpaired) electrons. The Morgan fingerprint density at radius 3 is 2.36 bits per heavy atom. The van der Waals surface area contributed by atoms with Gasteiger partial charge in [-0.1, -0.05) is 13.3 Å². The molecular formula is C12H28N2+2. The van der Waals surface area contributed by atoms with Crippen molar-refractivity contribution in [2.75, 3.05) is 34.2 Å². The van der Waals surface area contributed by atoms with Gasteiger partial charge in [0, 0.05) is 6.42 Å². The van der Waals surface area contributed by atoms with Crippen LogP contribution in [0.1, 0.15) is 32.6 Å². The van der Waals surface area contributed by atoms with Crippen LogP contribution in [0.25, 0.3) is 0 Å². The number of rotatable bonds is 4. The normalized spacial score (nSPS) is 30.6. The highest BCUT2D eigenvalue weighted by atomic mass is 15.2. The Kier molecular flexibility index (Phi) is 4.90. The molecule has 1 saturated carbocycles. The molecule has 2 heteroatoms. The van der Waals surface area contributed by atoms with Crippen LogP contribution >= 0.6 is 0 Å². The van der Waals surface area contributed by atoms with Gasteiger partial charge in [0.25, 0.3) is 0 Å². The second kappa shape index (κ2) is 5.72. The largest absolute Gasteiger partial charge is 0.335 e. The lowest BCUT2D eigenvalue weighted by Gasteiger charge is -2.31. The molecule has 3 atom stereocenters. The lowest BCUT2D eigenvalue weighted by atomic mass is 9.86. The minimum Gasteiger partial charge on any atom is -0.335 e. The molecule has 0 aliphatic heterocycles. The number of hydrogen-bond acceptors (Lipinski definition) is 0. The fraction of sp³-hybridized carbons (Fsp3) is 1.00. The lowest BCUT2D eigenvalue weighted by Crippen LogP contribution is -3.18. The highest BCUT2D eigenvalue weighted by Crippen LogP contribution is 2.21. The van der Waals surface area contributed by atoms with E-state index in [2.05, 4.69) is 28.1 Å². The van der Waals surface area contributed by atoms with E-state index in [4.69, 9.17) is 0 Å². The predicted octanol–water partition coefficient (Wildman–Crippen LogP) is -0.776. The third-order valence-corrected chi connectivity index (χ3v) is 3.65. The van der Waals surface area contributed by atoms with Crippen LogP contribution in [-0.2, 0) is 0 Å². The third kappa shape index (κ3) is 3.97. The Balaban J connectivity index is 2.25. The summed E-state index contributed by atoms with van der Waals surface area (Å²) in [5.41, 5.74) is 0. The second-order valence-electron chi connectivity index (χ2n) is 5.52. The molecular weight excluding hydrogens is 172 g/mol. The van der Waals surface area contributed by atoms with Gasteiger partial charge in [-0.3, -0.25) is 0 Å². The first kappa shape index (κ1) is 12.0. The molecule has 0 saturated heterocycles. The fourth-order valence-corrected chi connectivity index (χ4v) is 2.53. The molecule has 1 rings (SSSR count). The smallest absolute Gasteiger partial charge is 0.127 e. The maximum Gasteiger partial charge on any atom is 0.127 e. The minimum atomic E-state index is 0.943. The van der Waals surface area contributed by atoms with Crippen LogP contribution in [0.3, 0.4) is 0 Å². The van der Waals surface area contributed by atoms with Crippen LogP contribution < -0.4 is 9.80 Å². The van der Waals surface area contributed by atoms with Crippen molar-refractivity contribution >= 4 is 0 Å². The number of hydrogen-bond donors (Lipinski definition) is 2. The Bertz CT molecular complexity index is 156. The van der Waals surface area contributed by atoms with Gasteiger partial charge in [-0.05, 0) is 18.8 Å². The standard InChI is InChI=1S/C12H26N2/c1-11-6-5-7-12(10-11)14(4)9-8-13(2)3/h11-12H,5-10H2,1-4H3/p+2/t11-,12+/m0/s1. The van der Waals surface area contributed by atoms with Crippen LogP contribution in [0.15, 0.2) is 0 Å². The van der Waals surface area contributed by atoms with Gasteiger partial charge in [-0.2, -0.15) is 0 Å². The van der Waals surface area contributed by atoms with Crippen LogP contribution in [0.4, 0.5) is 0 Å². The summed E-state index contributed by atoms with van der Waals surface area (Å²) in [4.78, 5) is 3.34. The van der Waals surface area contributed by atoms with Gasteiger partial charge in [0.2, 0.25) is 0 Å². The first-order valence-corrected chi connectivity index (χ1v) is 6.21. The first-order chi connectivity index (χ1) is 6.59. The van der Waals surface area contributed by atoms with E-state index in [-0.39, 0.29) is 0 Å². The van der Waals surface area contributed by atoms with Gasteiger partial charge in [-0.25, -0.2) is 0 Å². The van der Waals surface area contributed by atoms with Gasteiger partial charge in [0.05, 0.1) is 27.2 Å². The van der Waals surface area contributed by atoms with Crippen molar-refractivity contribution in [1.29, 1.82) is 0 Å². The van der Waals surface area contributed by atoms with Crippen molar-refractivity contribution in [3.05, 3.63) is 0 Å². The molecule has 0 aromatic heterocycles. The van der Waals surface area contributed by atoms with Crippen LogP contribution in [-0.4, -0.2) is 40.3 Å². The molecule has 0 bridgehead atoms. The zero-order valence-electron chi connectivity index (χ0n) is 10.4. The van der Waals surface area contributed by atoms with Gasteiger partial charge >= 0.3 is 0 Å². The van der Waals surface area contributed by atoms with E-state index < -0.39 is 0 Å². The molecule has 0 heterocycles. The Hall–Kier alpha value is -0.0800. The Morgan fingerprint density at radius 2 is 1.79 bits per heavy atom. The quantitative estimate of drug-likeness (QED) is 0.589. The molecule has 1 fully saturated rings. The van der Waals surface area contributed by atoms with E-state index in [1.165, 1.54) is 38.8 Å². The Labute approximate surface area is 89.3 Å². The molecule has 0 aromatic rings. The average Bonchev–Trinajstić information content (AvgIpc) is 2.14. The molecule has 0 aromatic carbocycles. The second-order valence-corrected chi connectivity index (χ2v) is 5.52. The summed E-state index contributed by atoms with van der Waals surface area (Å²) in [5, 5.41) is 0. The summed E-state index contributed by atoms with van der Waals surface area (Å²) < 4.78 is 0. The summed E-state index contributed by atoms with van der Waals surface area (Å²) in [6.07, 6.45) is 5.83. The lowest BCUT2D eigenvalue weighted by molar-refractivity contribution is -0.946. The third-order valence-electron chi connectivity index (χ3n) is 3.65. The zero-order valence-corrected chi connectivity index (χ0v) is 10.4. The van der Waals surface area contributed by atoms with Crippen LogP contribution in [0.5, 0.6) is 0 Å². The van der Waals surface area contributed by atoms with Crippen molar-refractivity contribution in [3.8, 4) is 0 Å². The monoisotopic (exact) mass is 200 g/mol. The highest BCUT2D eigenvalue weighted by molar-refractivity contribution is 4.68. The van der Waals surface area contributed by atoms with Crippen LogP contribution in [0, 0.1) is 5.92 Å². The fourth-order valence-electron chi connectivity index (χ4n) is 2.53. The SMILES string of the molecule is C[C@H]1CCC[C@@H]([NH+](C)CC[NH+](C)C)C1. The molecule has 2 nitrogen and oxygen atoms in total. The zero-order chi connectivity index (χ0) is 10.6. The van der Waals surface area contributed by atoms with Gasteiger partial charge in [-0.15, -0.1) is 0 Å². The summed E-state index contributed by atoms with van der Waals surface area (Å²) in [5.74, 6) is 0.968. The van der Waals surface area contributed by atoms with E-state index >= 15 is 0 Å². The van der Waals surface area contributed by atoms with E-state index in [0.29, 0.717) is 0 Å². The topological polar surface area (TPSA) is 8.88 Å². The predicted molar refractivity (Wildman–Crippen MR) is 60.9 cm³/mol. The van der Waals surface area contributed by atoms with E-state index in [9.17, 15) is 0 Å². The summed E-state index contributed by atoms with van der Waals surface area (Å²) in [6.45, 7) is 5.05. The van der Waals surface area contributed by atoms with Crippen molar-refractivity contribution in [1.82, 2.24) is 0 Å². The molecule has 1 unspecified atom stereocenters. The highest BCUT2D eigenvalue weighted by Gasteiger charge is 2.25. The molecule has 84 valence electrons. The maximum absolute atomic E-state index is 2.41.